The molecule has 4 heteroatoms. The molecule has 1 aromatic carbocycles. The van der Waals surface area contributed by atoms with Crippen molar-refractivity contribution in [3.05, 3.63) is 29.6 Å². The predicted molar refractivity (Wildman–Crippen MR) is 77.7 cm³/mol. The van der Waals surface area contributed by atoms with Crippen LogP contribution in [0.15, 0.2) is 18.2 Å². The largest absolute Gasteiger partial charge is 0.367 e. The molecule has 0 aromatic heterocycles. The Hall–Kier alpha value is -0.740. The van der Waals surface area contributed by atoms with Crippen molar-refractivity contribution in [3.8, 4) is 0 Å². The molecule has 2 rings (SSSR count). The molecule has 3 atom stereocenters. The summed E-state index contributed by atoms with van der Waals surface area (Å²) in [4.78, 5) is 2.14. The molecule has 18 heavy (non-hydrogen) atoms. The normalized spacial score (nSPS) is 26.2. The van der Waals surface area contributed by atoms with Crippen molar-refractivity contribution in [2.75, 3.05) is 18.0 Å². The molecule has 0 aliphatic carbocycles. The number of nitrogens with zero attached hydrogens (tertiary/aromatic N) is 1. The lowest BCUT2D eigenvalue weighted by atomic mass is 10.1. The zero-order chi connectivity index (χ0) is 13.3. The summed E-state index contributed by atoms with van der Waals surface area (Å²) in [6.07, 6.45) is 0. The number of halogens is 1. The van der Waals surface area contributed by atoms with E-state index < -0.39 is 0 Å². The Morgan fingerprint density at radius 3 is 2.44 bits per heavy atom. The van der Waals surface area contributed by atoms with Crippen LogP contribution in [0.1, 0.15) is 32.4 Å². The van der Waals surface area contributed by atoms with Gasteiger partial charge in [-0.05, 0) is 24.6 Å². The van der Waals surface area contributed by atoms with Crippen LogP contribution in [0.25, 0.3) is 0 Å². The summed E-state index contributed by atoms with van der Waals surface area (Å²) < 4.78 is 14.1. The van der Waals surface area contributed by atoms with Gasteiger partial charge in [0.25, 0.3) is 0 Å². The lowest BCUT2D eigenvalue weighted by Gasteiger charge is -2.36. The first-order valence-electron chi connectivity index (χ1n) is 6.43. The molecule has 1 saturated heterocycles. The Labute approximate surface area is 113 Å². The number of thioether (sulfide) groups is 1. The van der Waals surface area contributed by atoms with E-state index in [-0.39, 0.29) is 11.9 Å². The van der Waals surface area contributed by atoms with Crippen LogP contribution in [-0.2, 0) is 0 Å². The van der Waals surface area contributed by atoms with E-state index in [2.05, 4.69) is 18.7 Å². The van der Waals surface area contributed by atoms with Gasteiger partial charge < -0.3 is 10.6 Å². The molecule has 1 aliphatic heterocycles. The van der Waals surface area contributed by atoms with Gasteiger partial charge in [-0.3, -0.25) is 0 Å². The molecular weight excluding hydrogens is 247 g/mol. The minimum atomic E-state index is -0.156. The van der Waals surface area contributed by atoms with Gasteiger partial charge in [-0.2, -0.15) is 11.8 Å². The first-order chi connectivity index (χ1) is 8.47. The van der Waals surface area contributed by atoms with Crippen molar-refractivity contribution in [3.63, 3.8) is 0 Å². The summed E-state index contributed by atoms with van der Waals surface area (Å²) >= 11 is 1.97. The molecule has 0 spiro atoms. The Kier molecular flexibility index (Phi) is 4.17. The number of benzene rings is 1. The Morgan fingerprint density at radius 1 is 1.33 bits per heavy atom. The SMILES string of the molecule is CC1CN(c2ccc(C(C)N)cc2F)CC(C)S1. The molecule has 2 N–H and O–H groups in total. The van der Waals surface area contributed by atoms with Gasteiger partial charge in [0.2, 0.25) is 0 Å². The van der Waals surface area contributed by atoms with Crippen molar-refractivity contribution in [1.29, 1.82) is 0 Å². The topological polar surface area (TPSA) is 29.3 Å². The number of anilines is 1. The van der Waals surface area contributed by atoms with Gasteiger partial charge in [0.1, 0.15) is 5.82 Å². The molecule has 1 fully saturated rings. The summed E-state index contributed by atoms with van der Waals surface area (Å²) in [6, 6.07) is 5.24. The standard InChI is InChI=1S/C14H21FN2S/c1-9-7-17(8-10(2)18-9)14-5-4-12(11(3)16)6-13(14)15/h4-6,9-11H,7-8,16H2,1-3H3. The molecule has 1 aliphatic rings. The number of hydrogen-bond acceptors (Lipinski definition) is 3. The first kappa shape index (κ1) is 13.7. The van der Waals surface area contributed by atoms with E-state index >= 15 is 0 Å². The van der Waals surface area contributed by atoms with Crippen LogP contribution in [0.2, 0.25) is 0 Å². The first-order valence-corrected chi connectivity index (χ1v) is 7.37. The Balaban J connectivity index is 2.22. The van der Waals surface area contributed by atoms with Crippen LogP contribution in [0.4, 0.5) is 10.1 Å². The summed E-state index contributed by atoms with van der Waals surface area (Å²) in [6.45, 7) is 8.08. The average Bonchev–Trinajstić information content (AvgIpc) is 2.27. The maximum absolute atomic E-state index is 14.1. The third kappa shape index (κ3) is 2.98. The molecule has 1 aromatic rings. The smallest absolute Gasteiger partial charge is 0.146 e. The highest BCUT2D eigenvalue weighted by Crippen LogP contribution is 2.30. The highest BCUT2D eigenvalue weighted by Gasteiger charge is 2.24. The van der Waals surface area contributed by atoms with E-state index in [1.54, 1.807) is 6.07 Å². The van der Waals surface area contributed by atoms with Crippen LogP contribution < -0.4 is 10.6 Å². The van der Waals surface area contributed by atoms with Crippen molar-refractivity contribution in [2.24, 2.45) is 5.73 Å². The fraction of sp³-hybridized carbons (Fsp3) is 0.571. The van der Waals surface area contributed by atoms with E-state index in [1.807, 2.05) is 30.8 Å². The van der Waals surface area contributed by atoms with Gasteiger partial charge in [0.15, 0.2) is 0 Å². The molecular formula is C14H21FN2S. The quantitative estimate of drug-likeness (QED) is 0.893. The number of hydrogen-bond donors (Lipinski definition) is 1. The van der Waals surface area contributed by atoms with Crippen LogP contribution in [0, 0.1) is 5.82 Å². The van der Waals surface area contributed by atoms with E-state index in [4.69, 9.17) is 5.73 Å². The van der Waals surface area contributed by atoms with Gasteiger partial charge in [-0.25, -0.2) is 4.39 Å². The van der Waals surface area contributed by atoms with Gasteiger partial charge >= 0.3 is 0 Å². The number of nitrogens with two attached hydrogens (primary N) is 1. The van der Waals surface area contributed by atoms with Crippen molar-refractivity contribution < 1.29 is 4.39 Å². The summed E-state index contributed by atoms with van der Waals surface area (Å²) in [5.41, 5.74) is 7.33. The van der Waals surface area contributed by atoms with Gasteiger partial charge in [-0.1, -0.05) is 19.9 Å². The zero-order valence-corrected chi connectivity index (χ0v) is 12.0. The van der Waals surface area contributed by atoms with Crippen LogP contribution in [-0.4, -0.2) is 23.6 Å². The molecule has 1 heterocycles. The molecule has 0 bridgehead atoms. The second-order valence-corrected chi connectivity index (χ2v) is 7.04. The van der Waals surface area contributed by atoms with Crippen molar-refractivity contribution >= 4 is 17.4 Å². The van der Waals surface area contributed by atoms with E-state index in [0.717, 1.165) is 18.7 Å². The van der Waals surface area contributed by atoms with Crippen molar-refractivity contribution in [1.82, 2.24) is 0 Å². The molecule has 100 valence electrons. The summed E-state index contributed by atoms with van der Waals surface area (Å²) in [7, 11) is 0. The molecule has 2 nitrogen and oxygen atoms in total. The minimum absolute atomic E-state index is 0.122. The maximum atomic E-state index is 14.1. The minimum Gasteiger partial charge on any atom is -0.367 e. The second kappa shape index (κ2) is 5.49. The zero-order valence-electron chi connectivity index (χ0n) is 11.2. The summed E-state index contributed by atoms with van der Waals surface area (Å²) in [5.74, 6) is -0.156. The lowest BCUT2D eigenvalue weighted by Crippen LogP contribution is -2.40. The Morgan fingerprint density at radius 2 is 1.94 bits per heavy atom. The molecule has 0 saturated carbocycles. The second-order valence-electron chi connectivity index (χ2n) is 5.16. The third-order valence-corrected chi connectivity index (χ3v) is 4.49. The van der Waals surface area contributed by atoms with E-state index in [9.17, 15) is 4.39 Å². The molecule has 0 radical (unpaired) electrons. The van der Waals surface area contributed by atoms with Crippen LogP contribution in [0.3, 0.4) is 0 Å². The maximum Gasteiger partial charge on any atom is 0.146 e. The molecule has 0 amide bonds. The van der Waals surface area contributed by atoms with Gasteiger partial charge in [-0.15, -0.1) is 0 Å². The number of rotatable bonds is 2. The monoisotopic (exact) mass is 268 g/mol. The van der Waals surface area contributed by atoms with Gasteiger partial charge in [0, 0.05) is 29.6 Å². The van der Waals surface area contributed by atoms with Gasteiger partial charge in [0.05, 0.1) is 5.69 Å². The predicted octanol–water partition coefficient (Wildman–Crippen LogP) is 3.18. The summed E-state index contributed by atoms with van der Waals surface area (Å²) in [5, 5.41) is 1.09. The van der Waals surface area contributed by atoms with Crippen molar-refractivity contribution in [2.45, 2.75) is 37.3 Å². The van der Waals surface area contributed by atoms with E-state index in [1.165, 1.54) is 0 Å². The third-order valence-electron chi connectivity index (χ3n) is 3.26. The van der Waals surface area contributed by atoms with E-state index in [0.29, 0.717) is 16.2 Å². The van der Waals surface area contributed by atoms with Crippen LogP contribution in [0.5, 0.6) is 0 Å². The Bertz CT molecular complexity index is 412. The highest BCUT2D eigenvalue weighted by atomic mass is 32.2. The molecule has 3 unspecified atom stereocenters. The fourth-order valence-corrected chi connectivity index (χ4v) is 3.76. The average molecular weight is 268 g/mol. The highest BCUT2D eigenvalue weighted by molar-refractivity contribution is 8.00. The lowest BCUT2D eigenvalue weighted by molar-refractivity contribution is 0.607. The van der Waals surface area contributed by atoms with Crippen LogP contribution >= 0.6 is 11.8 Å². The fourth-order valence-electron chi connectivity index (χ4n) is 2.44.